The summed E-state index contributed by atoms with van der Waals surface area (Å²) in [5, 5.41) is 8.98. The lowest BCUT2D eigenvalue weighted by molar-refractivity contribution is 0.0690. The topological polar surface area (TPSA) is 55.8 Å². The molecule has 0 saturated heterocycles. The van der Waals surface area contributed by atoms with Crippen molar-refractivity contribution in [1.29, 1.82) is 0 Å². The van der Waals surface area contributed by atoms with Crippen LogP contribution in [0.3, 0.4) is 0 Å². The van der Waals surface area contributed by atoms with Crippen molar-refractivity contribution in [2.24, 2.45) is 0 Å². The summed E-state index contributed by atoms with van der Waals surface area (Å²) in [5.41, 5.74) is 0.802. The number of carbonyl (C=O) groups is 1. The highest BCUT2D eigenvalue weighted by Gasteiger charge is 2.12. The molecule has 0 amide bonds. The summed E-state index contributed by atoms with van der Waals surface area (Å²) in [7, 11) is 0. The normalized spacial score (nSPS) is 10.2. The summed E-state index contributed by atoms with van der Waals surface area (Å²) in [6, 6.07) is 10.9. The van der Waals surface area contributed by atoms with Crippen molar-refractivity contribution in [1.82, 2.24) is 0 Å². The number of para-hydroxylation sites is 1. The zero-order valence-electron chi connectivity index (χ0n) is 11.5. The first-order valence-corrected chi connectivity index (χ1v) is 6.42. The van der Waals surface area contributed by atoms with Crippen LogP contribution in [-0.2, 0) is 0 Å². The Bertz CT molecular complexity index is 640. The van der Waals surface area contributed by atoms with Crippen molar-refractivity contribution in [3.05, 3.63) is 59.4 Å². The van der Waals surface area contributed by atoms with E-state index < -0.39 is 11.8 Å². The van der Waals surface area contributed by atoms with Gasteiger partial charge in [0.05, 0.1) is 0 Å². The van der Waals surface area contributed by atoms with Gasteiger partial charge in [0.1, 0.15) is 36.1 Å². The van der Waals surface area contributed by atoms with Crippen LogP contribution in [-0.4, -0.2) is 24.3 Å². The van der Waals surface area contributed by atoms with Gasteiger partial charge in [-0.2, -0.15) is 0 Å². The van der Waals surface area contributed by atoms with E-state index in [1.54, 1.807) is 0 Å². The number of carboxylic acids is 1. The van der Waals surface area contributed by atoms with E-state index in [2.05, 4.69) is 0 Å². The molecule has 0 aliphatic carbocycles. The van der Waals surface area contributed by atoms with Gasteiger partial charge in [0.25, 0.3) is 0 Å². The van der Waals surface area contributed by atoms with E-state index in [9.17, 15) is 9.18 Å². The Hall–Kier alpha value is -2.56. The number of benzene rings is 2. The first-order chi connectivity index (χ1) is 10.1. The first kappa shape index (κ1) is 14.8. The smallest absolute Gasteiger partial charge is 0.339 e. The highest BCUT2D eigenvalue weighted by Crippen LogP contribution is 2.20. The van der Waals surface area contributed by atoms with E-state index in [1.165, 1.54) is 6.07 Å². The van der Waals surface area contributed by atoms with E-state index >= 15 is 0 Å². The maximum absolute atomic E-state index is 13.0. The zero-order chi connectivity index (χ0) is 15.2. The van der Waals surface area contributed by atoms with Gasteiger partial charge in [0.2, 0.25) is 0 Å². The summed E-state index contributed by atoms with van der Waals surface area (Å²) in [5.74, 6) is -0.976. The second kappa shape index (κ2) is 6.74. The van der Waals surface area contributed by atoms with Crippen molar-refractivity contribution in [3.8, 4) is 11.5 Å². The minimum absolute atomic E-state index is 0.122. The molecule has 0 atom stereocenters. The fourth-order valence-electron chi connectivity index (χ4n) is 1.82. The van der Waals surface area contributed by atoms with Gasteiger partial charge >= 0.3 is 5.97 Å². The Kier molecular flexibility index (Phi) is 4.77. The SMILES string of the molecule is Cc1ccccc1OCCOc1ccc(F)cc1C(=O)O. The second-order valence-electron chi connectivity index (χ2n) is 4.41. The molecule has 0 bridgehead atoms. The van der Waals surface area contributed by atoms with E-state index in [0.717, 1.165) is 23.4 Å². The molecule has 1 N–H and O–H groups in total. The van der Waals surface area contributed by atoms with Crippen LogP contribution in [0.25, 0.3) is 0 Å². The molecule has 0 unspecified atom stereocenters. The lowest BCUT2D eigenvalue weighted by Crippen LogP contribution is -2.11. The van der Waals surface area contributed by atoms with E-state index in [-0.39, 0.29) is 24.5 Å². The number of aryl methyl sites for hydroxylation is 1. The molecule has 2 rings (SSSR count). The maximum Gasteiger partial charge on any atom is 0.339 e. The number of hydrogen-bond donors (Lipinski definition) is 1. The molecule has 0 aromatic heterocycles. The quantitative estimate of drug-likeness (QED) is 0.829. The average Bonchev–Trinajstić information content (AvgIpc) is 2.46. The Morgan fingerprint density at radius 2 is 1.76 bits per heavy atom. The lowest BCUT2D eigenvalue weighted by Gasteiger charge is -2.11. The zero-order valence-corrected chi connectivity index (χ0v) is 11.5. The molecular formula is C16H15FO4. The van der Waals surface area contributed by atoms with Gasteiger partial charge in [-0.3, -0.25) is 0 Å². The number of halogens is 1. The molecule has 0 spiro atoms. The third-order valence-electron chi connectivity index (χ3n) is 2.86. The number of ether oxygens (including phenoxy) is 2. The molecule has 110 valence electrons. The van der Waals surface area contributed by atoms with Crippen molar-refractivity contribution >= 4 is 5.97 Å². The van der Waals surface area contributed by atoms with Crippen LogP contribution in [0.1, 0.15) is 15.9 Å². The average molecular weight is 290 g/mol. The second-order valence-corrected chi connectivity index (χ2v) is 4.41. The molecule has 0 fully saturated rings. The monoisotopic (exact) mass is 290 g/mol. The van der Waals surface area contributed by atoms with Gasteiger partial charge in [-0.25, -0.2) is 9.18 Å². The number of hydrogen-bond acceptors (Lipinski definition) is 3. The van der Waals surface area contributed by atoms with Gasteiger partial charge in [-0.05, 0) is 36.8 Å². The summed E-state index contributed by atoms with van der Waals surface area (Å²) < 4.78 is 23.9. The minimum Gasteiger partial charge on any atom is -0.490 e. The van der Waals surface area contributed by atoms with Crippen LogP contribution < -0.4 is 9.47 Å². The Labute approximate surface area is 121 Å². The maximum atomic E-state index is 13.0. The van der Waals surface area contributed by atoms with Crippen LogP contribution in [0, 0.1) is 12.7 Å². The van der Waals surface area contributed by atoms with Gasteiger partial charge in [-0.15, -0.1) is 0 Å². The fraction of sp³-hybridized carbons (Fsp3) is 0.188. The van der Waals surface area contributed by atoms with Gasteiger partial charge < -0.3 is 14.6 Å². The van der Waals surface area contributed by atoms with Crippen molar-refractivity contribution in [2.75, 3.05) is 13.2 Å². The molecule has 2 aromatic rings. The number of rotatable bonds is 6. The van der Waals surface area contributed by atoms with Gasteiger partial charge in [0, 0.05) is 0 Å². The van der Waals surface area contributed by atoms with Crippen molar-refractivity contribution in [2.45, 2.75) is 6.92 Å². The standard InChI is InChI=1S/C16H15FO4/c1-11-4-2-3-5-14(11)20-8-9-21-15-7-6-12(17)10-13(15)16(18)19/h2-7,10H,8-9H2,1H3,(H,18,19). The molecule has 0 radical (unpaired) electrons. The highest BCUT2D eigenvalue weighted by molar-refractivity contribution is 5.90. The summed E-state index contributed by atoms with van der Waals surface area (Å²) in [4.78, 5) is 11.0. The summed E-state index contributed by atoms with van der Waals surface area (Å²) >= 11 is 0. The Morgan fingerprint density at radius 3 is 2.43 bits per heavy atom. The van der Waals surface area contributed by atoms with Gasteiger partial charge in [-0.1, -0.05) is 18.2 Å². The number of aromatic carboxylic acids is 1. The molecule has 0 saturated carbocycles. The van der Waals surface area contributed by atoms with Crippen LogP contribution in [0.5, 0.6) is 11.5 Å². The van der Waals surface area contributed by atoms with Crippen LogP contribution in [0.4, 0.5) is 4.39 Å². The Balaban J connectivity index is 1.92. The molecule has 2 aromatic carbocycles. The van der Waals surface area contributed by atoms with Crippen molar-refractivity contribution in [3.63, 3.8) is 0 Å². The highest BCUT2D eigenvalue weighted by atomic mass is 19.1. The van der Waals surface area contributed by atoms with Crippen molar-refractivity contribution < 1.29 is 23.8 Å². The third-order valence-corrected chi connectivity index (χ3v) is 2.86. The predicted octanol–water partition coefficient (Wildman–Crippen LogP) is 3.29. The van der Waals surface area contributed by atoms with Crippen LogP contribution in [0.15, 0.2) is 42.5 Å². The lowest BCUT2D eigenvalue weighted by atomic mass is 10.2. The molecule has 21 heavy (non-hydrogen) atoms. The largest absolute Gasteiger partial charge is 0.490 e. The molecule has 0 heterocycles. The predicted molar refractivity (Wildman–Crippen MR) is 75.5 cm³/mol. The molecular weight excluding hydrogens is 275 g/mol. The van der Waals surface area contributed by atoms with E-state index in [4.69, 9.17) is 14.6 Å². The van der Waals surface area contributed by atoms with Gasteiger partial charge in [0.15, 0.2) is 0 Å². The van der Waals surface area contributed by atoms with E-state index in [0.29, 0.717) is 0 Å². The molecule has 0 aliphatic heterocycles. The minimum atomic E-state index is -1.23. The third kappa shape index (κ3) is 3.95. The Morgan fingerprint density at radius 1 is 1.10 bits per heavy atom. The summed E-state index contributed by atoms with van der Waals surface area (Å²) in [6.45, 7) is 2.36. The molecule has 0 aliphatic rings. The van der Waals surface area contributed by atoms with Crippen LogP contribution >= 0.6 is 0 Å². The van der Waals surface area contributed by atoms with E-state index in [1.807, 2.05) is 31.2 Å². The summed E-state index contributed by atoms with van der Waals surface area (Å²) in [6.07, 6.45) is 0. The fourth-order valence-corrected chi connectivity index (χ4v) is 1.82. The van der Waals surface area contributed by atoms with Crippen LogP contribution in [0.2, 0.25) is 0 Å². The molecule has 5 heteroatoms. The first-order valence-electron chi connectivity index (χ1n) is 6.42. The number of carboxylic acid groups (broad SMARTS) is 1. The molecule has 4 nitrogen and oxygen atoms in total.